The number of para-hydroxylation sites is 1. The largest absolute Gasteiger partial charge is 0.467 e. The summed E-state index contributed by atoms with van der Waals surface area (Å²) in [6.45, 7) is 1.92. The van der Waals surface area contributed by atoms with E-state index >= 15 is 0 Å². The van der Waals surface area contributed by atoms with Crippen molar-refractivity contribution < 1.29 is 9.69 Å². The first-order valence-corrected chi connectivity index (χ1v) is 5.78. The third-order valence-electron chi connectivity index (χ3n) is 3.03. The minimum Gasteiger partial charge on any atom is -0.467 e. The normalized spacial score (nSPS) is 25.1. The van der Waals surface area contributed by atoms with E-state index in [4.69, 9.17) is 0 Å². The van der Waals surface area contributed by atoms with Gasteiger partial charge < -0.3 is 10.2 Å². The highest BCUT2D eigenvalue weighted by atomic mass is 16.1. The summed E-state index contributed by atoms with van der Waals surface area (Å²) in [5.74, 6) is 0.244. The van der Waals surface area contributed by atoms with Crippen molar-refractivity contribution in [2.45, 2.75) is 12.8 Å². The molecule has 16 heavy (non-hydrogen) atoms. The van der Waals surface area contributed by atoms with Crippen molar-refractivity contribution in [3.8, 4) is 0 Å². The van der Waals surface area contributed by atoms with Gasteiger partial charge in [0.25, 0.3) is 0 Å². The summed E-state index contributed by atoms with van der Waals surface area (Å²) in [5, 5.41) is 2.95. The van der Waals surface area contributed by atoms with Gasteiger partial charge in [0.05, 0.1) is 19.0 Å². The van der Waals surface area contributed by atoms with Crippen LogP contribution in [0.15, 0.2) is 30.3 Å². The van der Waals surface area contributed by atoms with E-state index in [9.17, 15) is 4.79 Å². The lowest BCUT2D eigenvalue weighted by Gasteiger charge is -2.30. The second-order valence-electron chi connectivity index (χ2n) is 4.40. The molecule has 0 radical (unpaired) electrons. The molecule has 2 unspecified atom stereocenters. The average molecular weight is 218 g/mol. The van der Waals surface area contributed by atoms with Gasteiger partial charge in [-0.1, -0.05) is 18.2 Å². The number of amides is 1. The summed E-state index contributed by atoms with van der Waals surface area (Å²) in [6.07, 6.45) is 2.07. The zero-order valence-corrected chi connectivity index (χ0v) is 9.41. The van der Waals surface area contributed by atoms with E-state index in [-0.39, 0.29) is 11.8 Å². The minimum atomic E-state index is 0.112. The smallest absolute Gasteiger partial charge is 0.233 e. The molecule has 2 rings (SSSR count). The van der Waals surface area contributed by atoms with Crippen molar-refractivity contribution in [2.75, 3.05) is 18.4 Å². The number of quaternary nitrogens is 1. The van der Waals surface area contributed by atoms with Gasteiger partial charge in [0.15, 0.2) is 0 Å². The first kappa shape index (κ1) is 11.1. The predicted molar refractivity (Wildman–Crippen MR) is 63.8 cm³/mol. The summed E-state index contributed by atoms with van der Waals surface area (Å²) >= 11 is 0. The molecular formula is C13H18N2O. The maximum absolute atomic E-state index is 12.0. The Labute approximate surface area is 96.5 Å². The van der Waals surface area contributed by atoms with Gasteiger partial charge in [-0.25, -0.2) is 0 Å². The van der Waals surface area contributed by atoms with Crippen LogP contribution in [-0.4, -0.2) is 19.0 Å². The van der Waals surface area contributed by atoms with E-state index in [0.29, 0.717) is 0 Å². The second kappa shape index (κ2) is 5.12. The van der Waals surface area contributed by atoms with Gasteiger partial charge in [-0.3, -0.25) is 4.79 Å². The fourth-order valence-corrected chi connectivity index (χ4v) is 2.14. The molecule has 1 aromatic carbocycles. The number of rotatable bonds is 2. The van der Waals surface area contributed by atoms with Gasteiger partial charge in [-0.05, 0) is 25.0 Å². The average Bonchev–Trinajstić information content (AvgIpc) is 2.30. The molecule has 1 fully saturated rings. The Balaban J connectivity index is 1.93. The third-order valence-corrected chi connectivity index (χ3v) is 3.03. The zero-order valence-electron chi connectivity index (χ0n) is 9.41. The number of nitrogens with one attached hydrogen (secondary N) is 2. The fourth-order valence-electron chi connectivity index (χ4n) is 2.14. The van der Waals surface area contributed by atoms with E-state index in [2.05, 4.69) is 12.4 Å². The van der Waals surface area contributed by atoms with Crippen LogP contribution in [0, 0.1) is 13.0 Å². The Morgan fingerprint density at radius 2 is 2.12 bits per heavy atom. The van der Waals surface area contributed by atoms with Crippen molar-refractivity contribution >= 4 is 11.6 Å². The summed E-state index contributed by atoms with van der Waals surface area (Å²) < 4.78 is 0. The molecule has 0 aliphatic carbocycles. The molecule has 3 heteroatoms. The highest BCUT2D eigenvalue weighted by molar-refractivity contribution is 5.92. The van der Waals surface area contributed by atoms with Crippen molar-refractivity contribution in [3.63, 3.8) is 0 Å². The van der Waals surface area contributed by atoms with E-state index in [0.717, 1.165) is 31.6 Å². The highest BCUT2D eigenvalue weighted by Crippen LogP contribution is 2.12. The van der Waals surface area contributed by atoms with Crippen molar-refractivity contribution in [1.29, 1.82) is 0 Å². The van der Waals surface area contributed by atoms with Gasteiger partial charge in [-0.2, -0.15) is 7.05 Å². The number of benzene rings is 1. The first-order valence-electron chi connectivity index (χ1n) is 5.78. The van der Waals surface area contributed by atoms with Gasteiger partial charge in [0, 0.05) is 5.69 Å². The Morgan fingerprint density at radius 3 is 2.81 bits per heavy atom. The van der Waals surface area contributed by atoms with E-state index in [1.807, 2.05) is 30.3 Å². The molecule has 2 N–H and O–H groups in total. The molecule has 0 saturated carbocycles. The number of carbonyl (C=O) groups is 1. The maximum atomic E-state index is 12.0. The Bertz CT molecular complexity index is 350. The SMILES string of the molecule is [CH2-][NH+]1CCCC(C(=O)Nc2ccccc2)C1. The van der Waals surface area contributed by atoms with Gasteiger partial charge in [0.1, 0.15) is 0 Å². The monoisotopic (exact) mass is 218 g/mol. The molecule has 0 bridgehead atoms. The van der Waals surface area contributed by atoms with Crippen LogP contribution in [0.5, 0.6) is 0 Å². The second-order valence-corrected chi connectivity index (χ2v) is 4.40. The van der Waals surface area contributed by atoms with Crippen LogP contribution in [-0.2, 0) is 4.79 Å². The van der Waals surface area contributed by atoms with Crippen LogP contribution in [0.2, 0.25) is 0 Å². The molecule has 3 nitrogen and oxygen atoms in total. The van der Waals surface area contributed by atoms with Crippen LogP contribution in [0.1, 0.15) is 12.8 Å². The first-order chi connectivity index (χ1) is 7.75. The van der Waals surface area contributed by atoms with Crippen molar-refractivity contribution in [3.05, 3.63) is 37.4 Å². The summed E-state index contributed by atoms with van der Waals surface area (Å²) in [5.41, 5.74) is 0.878. The lowest BCUT2D eigenvalue weighted by molar-refractivity contribution is -0.861. The third kappa shape index (κ3) is 2.83. The van der Waals surface area contributed by atoms with E-state index < -0.39 is 0 Å². The molecule has 1 aliphatic heterocycles. The van der Waals surface area contributed by atoms with E-state index in [1.54, 1.807) is 0 Å². The van der Waals surface area contributed by atoms with Crippen molar-refractivity contribution in [2.24, 2.45) is 5.92 Å². The zero-order chi connectivity index (χ0) is 11.4. The molecular weight excluding hydrogens is 200 g/mol. The molecule has 1 amide bonds. The molecule has 1 aliphatic rings. The molecule has 86 valence electrons. The van der Waals surface area contributed by atoms with Crippen LogP contribution in [0.4, 0.5) is 5.69 Å². The molecule has 0 aromatic heterocycles. The molecule has 2 atom stereocenters. The lowest BCUT2D eigenvalue weighted by Crippen LogP contribution is -3.08. The minimum absolute atomic E-state index is 0.112. The van der Waals surface area contributed by atoms with Crippen LogP contribution in [0.25, 0.3) is 0 Å². The van der Waals surface area contributed by atoms with Crippen LogP contribution < -0.4 is 10.2 Å². The molecule has 1 aromatic rings. The van der Waals surface area contributed by atoms with Crippen LogP contribution >= 0.6 is 0 Å². The maximum Gasteiger partial charge on any atom is 0.233 e. The molecule has 0 spiro atoms. The summed E-state index contributed by atoms with van der Waals surface area (Å²) in [6, 6.07) is 9.62. The number of hydrogen-bond acceptors (Lipinski definition) is 1. The Kier molecular flexibility index (Phi) is 3.57. The Hall–Kier alpha value is -1.35. The fraction of sp³-hybridized carbons (Fsp3) is 0.385. The van der Waals surface area contributed by atoms with Gasteiger partial charge in [-0.15, -0.1) is 0 Å². The highest BCUT2D eigenvalue weighted by Gasteiger charge is 2.24. The molecule has 1 heterocycles. The quantitative estimate of drug-likeness (QED) is 0.704. The van der Waals surface area contributed by atoms with Gasteiger partial charge in [0.2, 0.25) is 5.91 Å². The van der Waals surface area contributed by atoms with Gasteiger partial charge >= 0.3 is 0 Å². The number of carbonyl (C=O) groups excluding carboxylic acids is 1. The van der Waals surface area contributed by atoms with Crippen molar-refractivity contribution in [1.82, 2.24) is 0 Å². The Morgan fingerprint density at radius 1 is 1.38 bits per heavy atom. The van der Waals surface area contributed by atoms with Crippen LogP contribution in [0.3, 0.4) is 0 Å². The predicted octanol–water partition coefficient (Wildman–Crippen LogP) is 0.712. The number of likely N-dealkylation sites (tertiary alicyclic amines) is 1. The standard InChI is InChI=1S/C13H18N2O/c1-15-9-5-6-11(10-15)13(16)14-12-7-3-2-4-8-12/h2-4,7-8,11,15H,1,5-6,9-10H2,(H,14,16). The lowest BCUT2D eigenvalue weighted by atomic mass is 9.97. The number of piperidine rings is 1. The van der Waals surface area contributed by atoms with E-state index in [1.165, 1.54) is 4.90 Å². The topological polar surface area (TPSA) is 33.5 Å². The summed E-state index contributed by atoms with van der Waals surface area (Å²) in [7, 11) is 3.97. The number of hydrogen-bond donors (Lipinski definition) is 2. The number of anilines is 1. The summed E-state index contributed by atoms with van der Waals surface area (Å²) in [4.78, 5) is 13.2. The molecule has 1 saturated heterocycles.